The molecule has 7 heteroatoms. The highest BCUT2D eigenvalue weighted by Crippen LogP contribution is 2.22. The molecule has 0 bridgehead atoms. The van der Waals surface area contributed by atoms with Gasteiger partial charge in [-0.2, -0.15) is 4.31 Å². The van der Waals surface area contributed by atoms with Crippen LogP contribution in [0.15, 0.2) is 23.1 Å². The van der Waals surface area contributed by atoms with Gasteiger partial charge in [-0.05, 0) is 31.2 Å². The predicted molar refractivity (Wildman–Crippen MR) is 62.6 cm³/mol. The maximum Gasteiger partial charge on any atom is 0.246 e. The Morgan fingerprint density at radius 1 is 1.39 bits per heavy atom. The maximum atomic E-state index is 13.5. The Hall–Kier alpha value is -1.05. The van der Waals surface area contributed by atoms with E-state index in [2.05, 4.69) is 5.32 Å². The van der Waals surface area contributed by atoms with Crippen molar-refractivity contribution in [3.63, 3.8) is 0 Å². The van der Waals surface area contributed by atoms with Gasteiger partial charge >= 0.3 is 0 Å². The van der Waals surface area contributed by atoms with Crippen LogP contribution in [-0.4, -0.2) is 38.9 Å². The van der Waals surface area contributed by atoms with Crippen LogP contribution in [0.1, 0.15) is 6.42 Å². The van der Waals surface area contributed by atoms with Gasteiger partial charge in [0.1, 0.15) is 16.5 Å². The molecule has 1 fully saturated rings. The molecule has 1 aliphatic heterocycles. The Labute approximate surface area is 105 Å². The average Bonchev–Trinajstić information content (AvgIpc) is 2.84. The molecule has 0 unspecified atom stereocenters. The molecule has 1 aliphatic rings. The molecule has 1 aromatic rings. The Morgan fingerprint density at radius 2 is 2.11 bits per heavy atom. The third kappa shape index (κ3) is 2.38. The standard InChI is InChI=1S/C11H14F2N2O2S/c1-15(9-4-5-14-7-9)18(16,17)11-6-8(12)2-3-10(11)13/h2-3,6,9,14H,4-5,7H2,1H3/t9-/m0/s1. The summed E-state index contributed by atoms with van der Waals surface area (Å²) < 4.78 is 52.1. The van der Waals surface area contributed by atoms with Crippen molar-refractivity contribution in [2.75, 3.05) is 20.1 Å². The molecule has 4 nitrogen and oxygen atoms in total. The number of nitrogens with zero attached hydrogens (tertiary/aromatic N) is 1. The van der Waals surface area contributed by atoms with Crippen molar-refractivity contribution in [2.24, 2.45) is 0 Å². The van der Waals surface area contributed by atoms with Crippen molar-refractivity contribution in [2.45, 2.75) is 17.4 Å². The van der Waals surface area contributed by atoms with E-state index in [-0.39, 0.29) is 6.04 Å². The third-order valence-corrected chi connectivity index (χ3v) is 5.02. The molecule has 1 atom stereocenters. The quantitative estimate of drug-likeness (QED) is 0.894. The molecule has 1 heterocycles. The van der Waals surface area contributed by atoms with Crippen LogP contribution < -0.4 is 5.32 Å². The smallest absolute Gasteiger partial charge is 0.246 e. The Balaban J connectivity index is 2.37. The lowest BCUT2D eigenvalue weighted by Gasteiger charge is -2.23. The van der Waals surface area contributed by atoms with Gasteiger partial charge in [0.05, 0.1) is 0 Å². The fourth-order valence-electron chi connectivity index (χ4n) is 1.98. The maximum absolute atomic E-state index is 13.5. The molecular formula is C11H14F2N2O2S. The molecule has 1 N–H and O–H groups in total. The third-order valence-electron chi connectivity index (χ3n) is 3.10. The minimum atomic E-state index is -4.00. The molecule has 2 rings (SSSR count). The normalized spacial score (nSPS) is 20.6. The van der Waals surface area contributed by atoms with Gasteiger partial charge in [0.25, 0.3) is 0 Å². The SMILES string of the molecule is CN([C@H]1CCNC1)S(=O)(=O)c1cc(F)ccc1F. The Morgan fingerprint density at radius 3 is 2.72 bits per heavy atom. The van der Waals surface area contributed by atoms with Gasteiger partial charge in [0.2, 0.25) is 10.0 Å². The van der Waals surface area contributed by atoms with E-state index in [0.717, 1.165) is 23.0 Å². The van der Waals surface area contributed by atoms with Crippen LogP contribution in [0.3, 0.4) is 0 Å². The van der Waals surface area contributed by atoms with Crippen molar-refractivity contribution < 1.29 is 17.2 Å². The van der Waals surface area contributed by atoms with Crippen LogP contribution >= 0.6 is 0 Å². The van der Waals surface area contributed by atoms with Gasteiger partial charge in [0, 0.05) is 19.6 Å². The number of nitrogens with one attached hydrogen (secondary N) is 1. The second-order valence-corrected chi connectivity index (χ2v) is 6.21. The zero-order chi connectivity index (χ0) is 13.3. The zero-order valence-electron chi connectivity index (χ0n) is 9.86. The Kier molecular flexibility index (Phi) is 3.65. The second-order valence-electron chi connectivity index (χ2n) is 4.24. The van der Waals surface area contributed by atoms with Crippen LogP contribution in [-0.2, 0) is 10.0 Å². The topological polar surface area (TPSA) is 49.4 Å². The first kappa shape index (κ1) is 13.4. The summed E-state index contributed by atoms with van der Waals surface area (Å²) in [5.74, 6) is -1.71. The first-order valence-electron chi connectivity index (χ1n) is 5.57. The summed E-state index contributed by atoms with van der Waals surface area (Å²) in [7, 11) is -2.61. The van der Waals surface area contributed by atoms with Crippen molar-refractivity contribution in [1.82, 2.24) is 9.62 Å². The molecule has 1 saturated heterocycles. The molecule has 1 aromatic carbocycles. The van der Waals surface area contributed by atoms with Gasteiger partial charge in [-0.15, -0.1) is 0 Å². The summed E-state index contributed by atoms with van der Waals surface area (Å²) in [5.41, 5.74) is 0. The highest BCUT2D eigenvalue weighted by molar-refractivity contribution is 7.89. The molecule has 0 amide bonds. The number of hydrogen-bond acceptors (Lipinski definition) is 3. The summed E-state index contributed by atoms with van der Waals surface area (Å²) in [6, 6.07) is 2.20. The zero-order valence-corrected chi connectivity index (χ0v) is 10.7. The number of hydrogen-bond donors (Lipinski definition) is 1. The number of rotatable bonds is 3. The largest absolute Gasteiger partial charge is 0.315 e. The van der Waals surface area contributed by atoms with Crippen molar-refractivity contribution >= 4 is 10.0 Å². The van der Waals surface area contributed by atoms with Crippen LogP contribution in [0.2, 0.25) is 0 Å². The van der Waals surface area contributed by atoms with Gasteiger partial charge in [-0.25, -0.2) is 17.2 Å². The minimum absolute atomic E-state index is 0.224. The van der Waals surface area contributed by atoms with E-state index in [1.54, 1.807) is 0 Å². The minimum Gasteiger partial charge on any atom is -0.315 e. The highest BCUT2D eigenvalue weighted by atomic mass is 32.2. The number of halogens is 2. The van der Waals surface area contributed by atoms with Crippen molar-refractivity contribution in [1.29, 1.82) is 0 Å². The van der Waals surface area contributed by atoms with Crippen LogP contribution in [0.25, 0.3) is 0 Å². The fraction of sp³-hybridized carbons (Fsp3) is 0.455. The molecule has 0 saturated carbocycles. The van der Waals surface area contributed by atoms with Crippen LogP contribution in [0.5, 0.6) is 0 Å². The summed E-state index contributed by atoms with van der Waals surface area (Å²) in [5, 5.41) is 3.03. The Bertz CT molecular complexity index is 542. The summed E-state index contributed by atoms with van der Waals surface area (Å²) in [4.78, 5) is -0.614. The molecule has 0 radical (unpaired) electrons. The van der Waals surface area contributed by atoms with Crippen molar-refractivity contribution in [3.05, 3.63) is 29.8 Å². The molecule has 18 heavy (non-hydrogen) atoms. The monoisotopic (exact) mass is 276 g/mol. The van der Waals surface area contributed by atoms with E-state index < -0.39 is 26.6 Å². The highest BCUT2D eigenvalue weighted by Gasteiger charge is 2.32. The van der Waals surface area contributed by atoms with Gasteiger partial charge in [0.15, 0.2) is 0 Å². The molecule has 100 valence electrons. The molecule has 0 aromatic heterocycles. The fourth-order valence-corrected chi connectivity index (χ4v) is 3.43. The van der Waals surface area contributed by atoms with E-state index in [1.165, 1.54) is 7.05 Å². The first-order valence-corrected chi connectivity index (χ1v) is 7.01. The van der Waals surface area contributed by atoms with Crippen LogP contribution in [0.4, 0.5) is 8.78 Å². The van der Waals surface area contributed by atoms with E-state index in [1.807, 2.05) is 0 Å². The van der Waals surface area contributed by atoms with E-state index in [4.69, 9.17) is 0 Å². The lowest BCUT2D eigenvalue weighted by atomic mass is 10.3. The molecular weight excluding hydrogens is 262 g/mol. The van der Waals surface area contributed by atoms with E-state index in [0.29, 0.717) is 19.0 Å². The summed E-state index contributed by atoms with van der Waals surface area (Å²) >= 11 is 0. The first-order chi connectivity index (χ1) is 8.43. The number of likely N-dealkylation sites (N-methyl/N-ethyl adjacent to an activating group) is 1. The summed E-state index contributed by atoms with van der Waals surface area (Å²) in [6.45, 7) is 1.24. The summed E-state index contributed by atoms with van der Waals surface area (Å²) in [6.07, 6.45) is 0.659. The molecule has 0 spiro atoms. The second kappa shape index (κ2) is 4.91. The van der Waals surface area contributed by atoms with Crippen molar-refractivity contribution in [3.8, 4) is 0 Å². The predicted octanol–water partition coefficient (Wildman–Crippen LogP) is 0.947. The van der Waals surface area contributed by atoms with Crippen LogP contribution in [0, 0.1) is 11.6 Å². The van der Waals surface area contributed by atoms with Gasteiger partial charge in [-0.3, -0.25) is 0 Å². The van der Waals surface area contributed by atoms with Gasteiger partial charge in [-0.1, -0.05) is 0 Å². The van der Waals surface area contributed by atoms with Gasteiger partial charge < -0.3 is 5.32 Å². The average molecular weight is 276 g/mol. The van der Waals surface area contributed by atoms with E-state index in [9.17, 15) is 17.2 Å². The lowest BCUT2D eigenvalue weighted by Crippen LogP contribution is -2.38. The number of benzene rings is 1. The lowest BCUT2D eigenvalue weighted by molar-refractivity contribution is 0.384. The molecule has 0 aliphatic carbocycles. The van der Waals surface area contributed by atoms with E-state index >= 15 is 0 Å². The number of sulfonamides is 1.